The smallest absolute Gasteiger partial charge is 0.326 e. The normalized spacial score (nSPS) is 19.2. The highest BCUT2D eigenvalue weighted by molar-refractivity contribution is 7.13. The van der Waals surface area contributed by atoms with Crippen LogP contribution in [0.4, 0.5) is 0 Å². The van der Waals surface area contributed by atoms with Gasteiger partial charge in [0.1, 0.15) is 11.0 Å². The van der Waals surface area contributed by atoms with Crippen molar-refractivity contribution in [1.29, 1.82) is 0 Å². The van der Waals surface area contributed by atoms with Crippen molar-refractivity contribution >= 4 is 23.2 Å². The number of hydrogen-bond donors (Lipinski definition) is 2. The third kappa shape index (κ3) is 4.10. The molecular weight excluding hydrogens is 384 g/mol. The number of carbonyl (C=O) groups excluding carboxylic acids is 1. The number of amides is 1. The molecule has 2 aromatic rings. The van der Waals surface area contributed by atoms with Crippen LogP contribution < -0.4 is 14.8 Å². The highest BCUT2D eigenvalue weighted by Crippen LogP contribution is 2.36. The van der Waals surface area contributed by atoms with Gasteiger partial charge in [0.2, 0.25) is 12.7 Å². The van der Waals surface area contributed by atoms with E-state index in [1.54, 1.807) is 5.38 Å². The summed E-state index contributed by atoms with van der Waals surface area (Å²) in [5.41, 5.74) is 1.47. The quantitative estimate of drug-likeness (QED) is 0.759. The van der Waals surface area contributed by atoms with Crippen LogP contribution in [0.1, 0.15) is 18.5 Å². The largest absolute Gasteiger partial charge is 0.480 e. The number of ether oxygens (including phenoxy) is 3. The third-order valence-electron chi connectivity index (χ3n) is 4.76. The molecule has 1 amide bonds. The van der Waals surface area contributed by atoms with Gasteiger partial charge in [0.25, 0.3) is 0 Å². The van der Waals surface area contributed by atoms with Crippen molar-refractivity contribution in [3.63, 3.8) is 0 Å². The minimum atomic E-state index is -1.04. The van der Waals surface area contributed by atoms with Gasteiger partial charge in [-0.25, -0.2) is 9.78 Å². The van der Waals surface area contributed by atoms with Gasteiger partial charge in [-0.05, 0) is 31.0 Å². The number of hydrogen-bond acceptors (Lipinski definition) is 7. The zero-order valence-electron chi connectivity index (χ0n) is 15.1. The standard InChI is InChI=1S/C19H20N2O6S/c22-16(21-17(19(23)24)12-2-1-5-25-8-12)7-13-9-28-18(20-13)11-3-4-14-15(6-11)27-10-26-14/h3-4,6,9,12,17H,1-2,5,7-8,10H2,(H,21,22)(H,23,24). The molecule has 148 valence electrons. The summed E-state index contributed by atoms with van der Waals surface area (Å²) in [6, 6.07) is 4.63. The fourth-order valence-corrected chi connectivity index (χ4v) is 4.17. The van der Waals surface area contributed by atoms with Crippen LogP contribution in [0.25, 0.3) is 10.6 Å². The Morgan fingerprint density at radius 2 is 2.18 bits per heavy atom. The minimum Gasteiger partial charge on any atom is -0.480 e. The van der Waals surface area contributed by atoms with E-state index in [1.807, 2.05) is 18.2 Å². The molecule has 1 aromatic carbocycles. The zero-order chi connectivity index (χ0) is 19.5. The van der Waals surface area contributed by atoms with Gasteiger partial charge in [-0.3, -0.25) is 4.79 Å². The number of aliphatic carboxylic acids is 1. The summed E-state index contributed by atoms with van der Waals surface area (Å²) in [5, 5.41) is 14.7. The molecule has 1 fully saturated rings. The number of aromatic nitrogens is 1. The molecule has 3 heterocycles. The van der Waals surface area contributed by atoms with Crippen LogP contribution in [-0.4, -0.2) is 48.0 Å². The lowest BCUT2D eigenvalue weighted by Crippen LogP contribution is -2.48. The number of nitrogens with zero attached hydrogens (tertiary/aromatic N) is 1. The highest BCUT2D eigenvalue weighted by atomic mass is 32.1. The van der Waals surface area contributed by atoms with Gasteiger partial charge < -0.3 is 24.6 Å². The van der Waals surface area contributed by atoms with Crippen molar-refractivity contribution in [2.45, 2.75) is 25.3 Å². The molecule has 8 nitrogen and oxygen atoms in total. The number of fused-ring (bicyclic) bond motifs is 1. The Kier molecular flexibility index (Phi) is 5.45. The number of benzene rings is 1. The number of carboxylic acids is 1. The third-order valence-corrected chi connectivity index (χ3v) is 5.70. The van der Waals surface area contributed by atoms with E-state index in [0.717, 1.165) is 23.4 Å². The Morgan fingerprint density at radius 3 is 2.96 bits per heavy atom. The first-order chi connectivity index (χ1) is 13.6. The average molecular weight is 404 g/mol. The van der Waals surface area contributed by atoms with Crippen LogP contribution in [0.2, 0.25) is 0 Å². The highest BCUT2D eigenvalue weighted by Gasteiger charge is 2.31. The van der Waals surface area contributed by atoms with Gasteiger partial charge in [0.15, 0.2) is 11.5 Å². The van der Waals surface area contributed by atoms with E-state index in [-0.39, 0.29) is 25.0 Å². The predicted molar refractivity (Wildman–Crippen MR) is 100 cm³/mol. The number of nitrogens with one attached hydrogen (secondary N) is 1. The van der Waals surface area contributed by atoms with Crippen LogP contribution >= 0.6 is 11.3 Å². The van der Waals surface area contributed by atoms with Crippen molar-refractivity contribution in [2.75, 3.05) is 20.0 Å². The van der Waals surface area contributed by atoms with E-state index in [0.29, 0.717) is 30.4 Å². The SMILES string of the molecule is O=C(Cc1csc(-c2ccc3c(c2)OCO3)n1)NC(C(=O)O)C1CCCOC1. The van der Waals surface area contributed by atoms with Gasteiger partial charge in [-0.15, -0.1) is 11.3 Å². The second kappa shape index (κ2) is 8.15. The molecule has 2 unspecified atom stereocenters. The Bertz CT molecular complexity index is 877. The van der Waals surface area contributed by atoms with Crippen molar-refractivity contribution in [2.24, 2.45) is 5.92 Å². The molecule has 0 aliphatic carbocycles. The van der Waals surface area contributed by atoms with E-state index < -0.39 is 12.0 Å². The molecule has 0 bridgehead atoms. The minimum absolute atomic E-state index is 0.0262. The maximum Gasteiger partial charge on any atom is 0.326 e. The van der Waals surface area contributed by atoms with Crippen LogP contribution in [0.15, 0.2) is 23.6 Å². The Hall–Kier alpha value is -2.65. The molecule has 2 N–H and O–H groups in total. The van der Waals surface area contributed by atoms with E-state index in [1.165, 1.54) is 11.3 Å². The number of carboxylic acid groups (broad SMARTS) is 1. The van der Waals surface area contributed by atoms with Crippen molar-refractivity contribution in [1.82, 2.24) is 10.3 Å². The molecule has 28 heavy (non-hydrogen) atoms. The molecule has 4 rings (SSSR count). The lowest BCUT2D eigenvalue weighted by atomic mass is 9.93. The topological polar surface area (TPSA) is 107 Å². The summed E-state index contributed by atoms with van der Waals surface area (Å²) in [6.07, 6.45) is 1.55. The van der Waals surface area contributed by atoms with Gasteiger partial charge >= 0.3 is 5.97 Å². The monoisotopic (exact) mass is 404 g/mol. The summed E-state index contributed by atoms with van der Waals surface area (Å²) < 4.78 is 16.0. The lowest BCUT2D eigenvalue weighted by Gasteiger charge is -2.28. The fourth-order valence-electron chi connectivity index (χ4n) is 3.35. The Labute approximate surface area is 165 Å². The van der Waals surface area contributed by atoms with E-state index in [2.05, 4.69) is 10.3 Å². The van der Waals surface area contributed by atoms with Gasteiger partial charge in [0.05, 0.1) is 18.7 Å². The molecule has 1 saturated heterocycles. The predicted octanol–water partition coefficient (Wildman–Crippen LogP) is 2.08. The van der Waals surface area contributed by atoms with E-state index >= 15 is 0 Å². The lowest BCUT2D eigenvalue weighted by molar-refractivity contribution is -0.145. The first-order valence-corrected chi connectivity index (χ1v) is 9.92. The molecular formula is C19H20N2O6S. The zero-order valence-corrected chi connectivity index (χ0v) is 15.9. The van der Waals surface area contributed by atoms with Crippen LogP contribution in [-0.2, 0) is 20.7 Å². The van der Waals surface area contributed by atoms with Crippen LogP contribution in [0, 0.1) is 5.92 Å². The van der Waals surface area contributed by atoms with Crippen molar-refractivity contribution in [3.8, 4) is 22.1 Å². The molecule has 0 saturated carbocycles. The van der Waals surface area contributed by atoms with Gasteiger partial charge in [-0.1, -0.05) is 0 Å². The summed E-state index contributed by atoms with van der Waals surface area (Å²) in [6.45, 7) is 1.19. The maximum absolute atomic E-state index is 12.4. The van der Waals surface area contributed by atoms with Gasteiger partial charge in [-0.2, -0.15) is 0 Å². The summed E-state index contributed by atoms with van der Waals surface area (Å²) in [4.78, 5) is 28.4. The molecule has 0 radical (unpaired) electrons. The second-order valence-corrected chi connectivity index (χ2v) is 7.61. The summed E-state index contributed by atoms with van der Waals surface area (Å²) in [7, 11) is 0. The second-order valence-electron chi connectivity index (χ2n) is 6.75. The van der Waals surface area contributed by atoms with Crippen molar-refractivity contribution in [3.05, 3.63) is 29.3 Å². The molecule has 1 aromatic heterocycles. The fraction of sp³-hybridized carbons (Fsp3) is 0.421. The van der Waals surface area contributed by atoms with Crippen LogP contribution in [0.3, 0.4) is 0 Å². The first-order valence-electron chi connectivity index (χ1n) is 9.04. The Morgan fingerprint density at radius 1 is 1.32 bits per heavy atom. The number of carbonyl (C=O) groups is 2. The van der Waals surface area contributed by atoms with E-state index in [9.17, 15) is 14.7 Å². The first kappa shape index (κ1) is 18.7. The molecule has 2 aliphatic rings. The Balaban J connectivity index is 1.40. The van der Waals surface area contributed by atoms with E-state index in [4.69, 9.17) is 14.2 Å². The molecule has 2 aliphatic heterocycles. The number of thiazole rings is 1. The van der Waals surface area contributed by atoms with Crippen molar-refractivity contribution < 1.29 is 28.9 Å². The summed E-state index contributed by atoms with van der Waals surface area (Å²) in [5.74, 6) is -0.240. The van der Waals surface area contributed by atoms with Gasteiger partial charge in [0, 0.05) is 23.5 Å². The van der Waals surface area contributed by atoms with Crippen LogP contribution in [0.5, 0.6) is 11.5 Å². The molecule has 0 spiro atoms. The molecule has 2 atom stereocenters. The maximum atomic E-state index is 12.4. The molecule has 9 heteroatoms. The number of rotatable bonds is 6. The average Bonchev–Trinajstić information content (AvgIpc) is 3.35. The summed E-state index contributed by atoms with van der Waals surface area (Å²) >= 11 is 1.42.